The van der Waals surface area contributed by atoms with E-state index in [2.05, 4.69) is 20.1 Å². The van der Waals surface area contributed by atoms with E-state index in [9.17, 15) is 18.4 Å². The molecule has 1 fully saturated rings. The molecule has 12 heteroatoms. The summed E-state index contributed by atoms with van der Waals surface area (Å²) < 4.78 is 39.7. The van der Waals surface area contributed by atoms with Crippen molar-refractivity contribution in [3.05, 3.63) is 56.2 Å². The molecular weight excluding hydrogens is 426 g/mol. The van der Waals surface area contributed by atoms with Crippen LogP contribution < -0.4 is 16.0 Å². The lowest BCUT2D eigenvalue weighted by atomic mass is 10.2. The average molecular weight is 448 g/mol. The molecule has 0 spiro atoms. The van der Waals surface area contributed by atoms with Crippen molar-refractivity contribution in [2.45, 2.75) is 13.0 Å². The molecule has 0 saturated carbocycles. The highest BCUT2D eigenvalue weighted by Gasteiger charge is 2.17. The Balaban J connectivity index is 1.55. The second kappa shape index (κ2) is 9.49. The predicted molar refractivity (Wildman–Crippen MR) is 110 cm³/mol. The third kappa shape index (κ3) is 4.65. The molecule has 32 heavy (non-hydrogen) atoms. The minimum absolute atomic E-state index is 0.0662. The van der Waals surface area contributed by atoms with E-state index in [0.717, 1.165) is 47.3 Å². The number of halogens is 2. The summed E-state index contributed by atoms with van der Waals surface area (Å²) in [5, 5.41) is 7.84. The summed E-state index contributed by atoms with van der Waals surface area (Å²) in [7, 11) is 1.30. The van der Waals surface area contributed by atoms with Crippen LogP contribution in [-0.2, 0) is 18.3 Å². The number of aromatic nitrogens is 5. The molecule has 1 aromatic carbocycles. The van der Waals surface area contributed by atoms with Crippen molar-refractivity contribution < 1.29 is 18.3 Å². The van der Waals surface area contributed by atoms with Gasteiger partial charge in [-0.15, -0.1) is 5.10 Å². The van der Waals surface area contributed by atoms with Crippen molar-refractivity contribution in [3.8, 4) is 6.01 Å². The first-order chi connectivity index (χ1) is 15.4. The number of ether oxygens (including phenoxy) is 2. The lowest BCUT2D eigenvalue weighted by Crippen LogP contribution is -2.39. The predicted octanol–water partition coefficient (Wildman–Crippen LogP) is 0.313. The Morgan fingerprint density at radius 1 is 1.12 bits per heavy atom. The maximum atomic E-state index is 13.6. The van der Waals surface area contributed by atoms with Crippen LogP contribution in [0.25, 0.3) is 11.2 Å². The van der Waals surface area contributed by atoms with Crippen LogP contribution in [0.5, 0.6) is 6.01 Å². The van der Waals surface area contributed by atoms with Gasteiger partial charge in [-0.05, 0) is 24.1 Å². The van der Waals surface area contributed by atoms with E-state index < -0.39 is 22.9 Å². The van der Waals surface area contributed by atoms with Gasteiger partial charge in [-0.25, -0.2) is 13.6 Å². The molecule has 0 bridgehead atoms. The van der Waals surface area contributed by atoms with Crippen LogP contribution in [0.3, 0.4) is 0 Å². The van der Waals surface area contributed by atoms with Crippen molar-refractivity contribution in [2.75, 3.05) is 39.5 Å². The third-order valence-electron chi connectivity index (χ3n) is 5.21. The first-order valence-electron chi connectivity index (χ1n) is 10.1. The van der Waals surface area contributed by atoms with Crippen LogP contribution in [0.15, 0.2) is 27.8 Å². The topological polar surface area (TPSA) is 104 Å². The van der Waals surface area contributed by atoms with E-state index in [0.29, 0.717) is 25.4 Å². The summed E-state index contributed by atoms with van der Waals surface area (Å²) in [5.41, 5.74) is -1.19. The summed E-state index contributed by atoms with van der Waals surface area (Å²) >= 11 is 0. The Kier molecular flexibility index (Phi) is 6.51. The van der Waals surface area contributed by atoms with Crippen molar-refractivity contribution >= 4 is 11.2 Å². The molecule has 4 rings (SSSR count). The smallest absolute Gasteiger partial charge is 0.336 e. The van der Waals surface area contributed by atoms with Gasteiger partial charge in [-0.1, -0.05) is 11.2 Å². The number of hydrogen-bond donors (Lipinski definition) is 0. The Morgan fingerprint density at radius 3 is 2.66 bits per heavy atom. The Bertz CT molecular complexity index is 1240. The second-order valence-electron chi connectivity index (χ2n) is 7.40. The Labute approximate surface area is 181 Å². The normalized spacial score (nSPS) is 14.7. The van der Waals surface area contributed by atoms with Crippen LogP contribution in [-0.4, -0.2) is 68.7 Å². The summed E-state index contributed by atoms with van der Waals surface area (Å²) in [6.07, 6.45) is 0.731. The molecule has 10 nitrogen and oxygen atoms in total. The first-order valence-corrected chi connectivity index (χ1v) is 10.1. The molecule has 3 aromatic rings. The zero-order valence-electron chi connectivity index (χ0n) is 17.5. The van der Waals surface area contributed by atoms with Crippen molar-refractivity contribution in [1.29, 1.82) is 0 Å². The number of nitrogens with zero attached hydrogens (tertiary/aromatic N) is 6. The van der Waals surface area contributed by atoms with Gasteiger partial charge in [0.15, 0.2) is 22.8 Å². The second-order valence-corrected chi connectivity index (χ2v) is 7.40. The monoisotopic (exact) mass is 448 g/mol. The number of benzene rings is 1. The fraction of sp³-hybridized carbons (Fsp3) is 0.450. The zero-order chi connectivity index (χ0) is 22.7. The van der Waals surface area contributed by atoms with E-state index in [1.54, 1.807) is 0 Å². The van der Waals surface area contributed by atoms with Crippen LogP contribution in [0.1, 0.15) is 12.0 Å². The molecule has 0 atom stereocenters. The quantitative estimate of drug-likeness (QED) is 0.476. The van der Waals surface area contributed by atoms with E-state index in [1.807, 2.05) is 0 Å². The maximum Gasteiger partial charge on any atom is 0.336 e. The highest BCUT2D eigenvalue weighted by atomic mass is 19.2. The number of morpholine rings is 1. The molecule has 1 aliphatic heterocycles. The molecule has 0 radical (unpaired) electrons. The highest BCUT2D eigenvalue weighted by Crippen LogP contribution is 2.12. The van der Waals surface area contributed by atoms with Gasteiger partial charge in [0.1, 0.15) is 0 Å². The lowest BCUT2D eigenvalue weighted by molar-refractivity contribution is 0.0356. The first kappa shape index (κ1) is 22.0. The van der Waals surface area contributed by atoms with Crippen LogP contribution in [0, 0.1) is 11.6 Å². The minimum atomic E-state index is -1.04. The van der Waals surface area contributed by atoms with Crippen molar-refractivity contribution in [1.82, 2.24) is 29.2 Å². The molecule has 0 unspecified atom stereocenters. The van der Waals surface area contributed by atoms with Gasteiger partial charge in [-0.2, -0.15) is 4.98 Å². The number of fused-ring (bicyclic) bond motifs is 1. The summed E-state index contributed by atoms with van der Waals surface area (Å²) in [6, 6.07) is 3.21. The maximum absolute atomic E-state index is 13.6. The molecule has 1 aliphatic rings. The third-order valence-corrected chi connectivity index (χ3v) is 5.21. The van der Waals surface area contributed by atoms with Crippen LogP contribution >= 0.6 is 0 Å². The lowest BCUT2D eigenvalue weighted by Gasteiger charge is -2.26. The minimum Gasteiger partial charge on any atom is -0.462 e. The van der Waals surface area contributed by atoms with E-state index in [-0.39, 0.29) is 23.7 Å². The van der Waals surface area contributed by atoms with Gasteiger partial charge >= 0.3 is 11.7 Å². The molecular formula is C20H22F2N6O4. The van der Waals surface area contributed by atoms with Crippen molar-refractivity contribution in [2.24, 2.45) is 7.05 Å². The summed E-state index contributed by atoms with van der Waals surface area (Å²) in [4.78, 5) is 31.6. The van der Waals surface area contributed by atoms with Gasteiger partial charge in [0, 0.05) is 26.7 Å². The van der Waals surface area contributed by atoms with Gasteiger partial charge < -0.3 is 9.47 Å². The van der Waals surface area contributed by atoms with Crippen LogP contribution in [0.2, 0.25) is 0 Å². The van der Waals surface area contributed by atoms with Gasteiger partial charge in [0.2, 0.25) is 0 Å². The highest BCUT2D eigenvalue weighted by molar-refractivity contribution is 5.68. The van der Waals surface area contributed by atoms with E-state index in [4.69, 9.17) is 9.47 Å². The fourth-order valence-corrected chi connectivity index (χ4v) is 3.45. The van der Waals surface area contributed by atoms with Gasteiger partial charge in [0.05, 0.1) is 26.4 Å². The molecule has 0 aliphatic carbocycles. The zero-order valence-corrected chi connectivity index (χ0v) is 17.5. The van der Waals surface area contributed by atoms with E-state index in [1.165, 1.54) is 13.1 Å². The van der Waals surface area contributed by atoms with E-state index >= 15 is 0 Å². The summed E-state index contributed by atoms with van der Waals surface area (Å²) in [6.45, 7) is 4.21. The molecule has 170 valence electrons. The largest absolute Gasteiger partial charge is 0.462 e. The van der Waals surface area contributed by atoms with Gasteiger partial charge in [0.25, 0.3) is 5.56 Å². The average Bonchev–Trinajstić information content (AvgIpc) is 2.81. The SMILES string of the molecule is Cn1c(=O)c2nc(OCCCN3CCOCC3)nnc2n(Cc2ccc(F)c(F)c2)c1=O. The number of rotatable bonds is 7. The van der Waals surface area contributed by atoms with Crippen LogP contribution in [0.4, 0.5) is 8.78 Å². The summed E-state index contributed by atoms with van der Waals surface area (Å²) in [5.74, 6) is -2.04. The molecule has 1 saturated heterocycles. The standard InChI is InChI=1S/C20H22F2N6O4/c1-26-18(29)16-17(28(20(26)30)12-13-3-4-14(21)15(22)11-13)24-25-19(23-16)32-8-2-5-27-6-9-31-10-7-27/h3-4,11H,2,5-10,12H2,1H3. The fourth-order valence-electron chi connectivity index (χ4n) is 3.45. The molecule has 0 N–H and O–H groups in total. The Hall–Kier alpha value is -3.25. The van der Waals surface area contributed by atoms with Gasteiger partial charge in [-0.3, -0.25) is 18.8 Å². The molecule has 2 aromatic heterocycles. The Morgan fingerprint density at radius 2 is 1.91 bits per heavy atom. The molecule has 3 heterocycles. The molecule has 0 amide bonds. The van der Waals surface area contributed by atoms with Crippen molar-refractivity contribution in [3.63, 3.8) is 0 Å². The number of hydrogen-bond acceptors (Lipinski definition) is 8.